The summed E-state index contributed by atoms with van der Waals surface area (Å²) < 4.78 is 0. The van der Waals surface area contributed by atoms with Gasteiger partial charge in [-0.3, -0.25) is 4.79 Å². The quantitative estimate of drug-likeness (QED) is 0.804. The Kier molecular flexibility index (Phi) is 3.64. The highest BCUT2D eigenvalue weighted by atomic mass is 16.1. The minimum absolute atomic E-state index is 0.226. The van der Waals surface area contributed by atoms with Crippen molar-refractivity contribution < 1.29 is 4.79 Å². The second kappa shape index (κ2) is 5.04. The molecule has 4 heteroatoms. The molecule has 0 saturated carbocycles. The topological polar surface area (TPSA) is 46.1 Å². The first-order chi connectivity index (χ1) is 8.44. The number of anilines is 1. The fourth-order valence-corrected chi connectivity index (χ4v) is 2.18. The predicted octanol–water partition coefficient (Wildman–Crippen LogP) is 2.23. The fourth-order valence-electron chi connectivity index (χ4n) is 2.18. The van der Waals surface area contributed by atoms with Gasteiger partial charge in [-0.1, -0.05) is 20.8 Å². The van der Waals surface area contributed by atoms with Gasteiger partial charge in [0.25, 0.3) is 0 Å². The number of carbonyl (C=O) groups is 1. The molecule has 2 heterocycles. The highest BCUT2D eigenvalue weighted by Gasteiger charge is 2.19. The number of hydrogen-bond acceptors (Lipinski definition) is 4. The molecule has 0 aliphatic carbocycles. The van der Waals surface area contributed by atoms with Crippen molar-refractivity contribution in [2.75, 3.05) is 18.0 Å². The SMILES string of the molecule is CC(C)(C)Cc1cc(N2CCC(=O)CC2)ncn1. The smallest absolute Gasteiger partial charge is 0.136 e. The molecule has 1 aromatic heterocycles. The van der Waals surface area contributed by atoms with E-state index in [1.807, 2.05) is 0 Å². The normalized spacial score (nSPS) is 17.1. The van der Waals surface area contributed by atoms with Crippen molar-refractivity contribution in [1.29, 1.82) is 0 Å². The van der Waals surface area contributed by atoms with Crippen LogP contribution in [0.15, 0.2) is 12.4 Å². The second-order valence-electron chi connectivity index (χ2n) is 6.13. The van der Waals surface area contributed by atoms with Gasteiger partial charge in [-0.2, -0.15) is 0 Å². The summed E-state index contributed by atoms with van der Waals surface area (Å²) in [5.41, 5.74) is 1.30. The van der Waals surface area contributed by atoms with Crippen molar-refractivity contribution in [3.05, 3.63) is 18.1 Å². The largest absolute Gasteiger partial charge is 0.356 e. The van der Waals surface area contributed by atoms with E-state index in [2.05, 4.69) is 41.7 Å². The third-order valence-corrected chi connectivity index (χ3v) is 3.07. The summed E-state index contributed by atoms with van der Waals surface area (Å²) in [5.74, 6) is 1.31. The first-order valence-corrected chi connectivity index (χ1v) is 6.52. The van der Waals surface area contributed by atoms with Crippen LogP contribution in [-0.2, 0) is 11.2 Å². The molecular weight excluding hydrogens is 226 g/mol. The summed E-state index contributed by atoms with van der Waals surface area (Å²) in [6.45, 7) is 8.17. The second-order valence-corrected chi connectivity index (χ2v) is 6.13. The molecule has 0 radical (unpaired) electrons. The lowest BCUT2D eigenvalue weighted by Gasteiger charge is -2.27. The van der Waals surface area contributed by atoms with E-state index < -0.39 is 0 Å². The zero-order chi connectivity index (χ0) is 13.2. The lowest BCUT2D eigenvalue weighted by molar-refractivity contribution is -0.119. The fraction of sp³-hybridized carbons (Fsp3) is 0.643. The monoisotopic (exact) mass is 247 g/mol. The Morgan fingerprint density at radius 2 is 1.89 bits per heavy atom. The summed E-state index contributed by atoms with van der Waals surface area (Å²) in [5, 5.41) is 0. The highest BCUT2D eigenvalue weighted by molar-refractivity contribution is 5.80. The van der Waals surface area contributed by atoms with Crippen LogP contribution in [0.1, 0.15) is 39.3 Å². The molecule has 0 N–H and O–H groups in total. The van der Waals surface area contributed by atoms with Crippen LogP contribution in [0.5, 0.6) is 0 Å². The van der Waals surface area contributed by atoms with E-state index in [1.54, 1.807) is 6.33 Å². The molecular formula is C14H21N3O. The zero-order valence-corrected chi connectivity index (χ0v) is 11.4. The zero-order valence-electron chi connectivity index (χ0n) is 11.4. The van der Waals surface area contributed by atoms with Crippen LogP contribution in [-0.4, -0.2) is 28.8 Å². The first-order valence-electron chi connectivity index (χ1n) is 6.52. The Balaban J connectivity index is 2.09. The third kappa shape index (κ3) is 3.52. The van der Waals surface area contributed by atoms with Gasteiger partial charge in [0, 0.05) is 37.7 Å². The van der Waals surface area contributed by atoms with E-state index in [4.69, 9.17) is 0 Å². The van der Waals surface area contributed by atoms with Crippen molar-refractivity contribution >= 4 is 11.6 Å². The van der Waals surface area contributed by atoms with Gasteiger partial charge in [0.1, 0.15) is 17.9 Å². The molecule has 0 unspecified atom stereocenters. The molecule has 1 fully saturated rings. The lowest BCUT2D eigenvalue weighted by Crippen LogP contribution is -2.34. The van der Waals surface area contributed by atoms with Gasteiger partial charge >= 0.3 is 0 Å². The van der Waals surface area contributed by atoms with E-state index in [0.717, 1.165) is 31.0 Å². The molecule has 0 aromatic carbocycles. The van der Waals surface area contributed by atoms with E-state index in [1.165, 1.54) is 0 Å². The molecule has 98 valence electrons. The number of carbonyl (C=O) groups excluding carboxylic acids is 1. The Labute approximate surface area is 108 Å². The minimum atomic E-state index is 0.226. The number of aromatic nitrogens is 2. The molecule has 1 aliphatic heterocycles. The molecule has 1 aromatic rings. The number of nitrogens with zero attached hydrogens (tertiary/aromatic N) is 3. The summed E-state index contributed by atoms with van der Waals surface area (Å²) in [4.78, 5) is 22.1. The molecule has 1 aliphatic rings. The summed E-state index contributed by atoms with van der Waals surface area (Å²) >= 11 is 0. The lowest BCUT2D eigenvalue weighted by atomic mass is 9.90. The van der Waals surface area contributed by atoms with Crippen LogP contribution >= 0.6 is 0 Å². The summed E-state index contributed by atoms with van der Waals surface area (Å²) in [7, 11) is 0. The average Bonchev–Trinajstić information content (AvgIpc) is 2.28. The molecule has 0 bridgehead atoms. The maximum absolute atomic E-state index is 11.2. The van der Waals surface area contributed by atoms with Crippen molar-refractivity contribution in [2.24, 2.45) is 5.41 Å². The van der Waals surface area contributed by atoms with Gasteiger partial charge in [0.2, 0.25) is 0 Å². The molecule has 1 saturated heterocycles. The number of Topliss-reactive ketones (excluding diaryl/α,β-unsaturated/α-hetero) is 1. The van der Waals surface area contributed by atoms with E-state index in [9.17, 15) is 4.79 Å². The van der Waals surface area contributed by atoms with E-state index >= 15 is 0 Å². The van der Waals surface area contributed by atoms with Gasteiger partial charge in [0.05, 0.1) is 0 Å². The van der Waals surface area contributed by atoms with Gasteiger partial charge in [-0.15, -0.1) is 0 Å². The average molecular weight is 247 g/mol. The Morgan fingerprint density at radius 1 is 1.22 bits per heavy atom. The van der Waals surface area contributed by atoms with Crippen molar-refractivity contribution in [3.63, 3.8) is 0 Å². The predicted molar refractivity (Wildman–Crippen MR) is 71.6 cm³/mol. The summed E-state index contributed by atoms with van der Waals surface area (Å²) in [6, 6.07) is 2.06. The Bertz CT molecular complexity index is 427. The van der Waals surface area contributed by atoms with Crippen LogP contribution in [0, 0.1) is 5.41 Å². The third-order valence-electron chi connectivity index (χ3n) is 3.07. The van der Waals surface area contributed by atoms with Gasteiger partial charge in [0.15, 0.2) is 0 Å². The molecule has 0 amide bonds. The van der Waals surface area contributed by atoms with E-state index in [-0.39, 0.29) is 5.41 Å². The molecule has 0 spiro atoms. The van der Waals surface area contributed by atoms with Crippen molar-refractivity contribution in [2.45, 2.75) is 40.0 Å². The number of ketones is 1. The van der Waals surface area contributed by atoms with Crippen molar-refractivity contribution in [1.82, 2.24) is 9.97 Å². The van der Waals surface area contributed by atoms with Crippen LogP contribution in [0.3, 0.4) is 0 Å². The van der Waals surface area contributed by atoms with Crippen molar-refractivity contribution in [3.8, 4) is 0 Å². The number of rotatable bonds is 2. The van der Waals surface area contributed by atoms with Gasteiger partial charge < -0.3 is 4.90 Å². The minimum Gasteiger partial charge on any atom is -0.356 e. The van der Waals surface area contributed by atoms with Gasteiger partial charge in [-0.05, 0) is 11.8 Å². The Hall–Kier alpha value is -1.45. The first kappa shape index (κ1) is 13.0. The molecule has 18 heavy (non-hydrogen) atoms. The van der Waals surface area contributed by atoms with Crippen LogP contribution < -0.4 is 4.90 Å². The Morgan fingerprint density at radius 3 is 2.50 bits per heavy atom. The molecule has 2 rings (SSSR count). The maximum atomic E-state index is 11.2. The summed E-state index contributed by atoms with van der Waals surface area (Å²) in [6.07, 6.45) is 3.85. The highest BCUT2D eigenvalue weighted by Crippen LogP contribution is 2.22. The van der Waals surface area contributed by atoms with Crippen LogP contribution in [0.4, 0.5) is 5.82 Å². The number of piperidine rings is 1. The standard InChI is InChI=1S/C14H21N3O/c1-14(2,3)9-11-8-13(16-10-15-11)17-6-4-12(18)5-7-17/h8,10H,4-7,9H2,1-3H3. The van der Waals surface area contributed by atoms with Gasteiger partial charge in [-0.25, -0.2) is 9.97 Å². The van der Waals surface area contributed by atoms with Crippen LogP contribution in [0.25, 0.3) is 0 Å². The van der Waals surface area contributed by atoms with Crippen LogP contribution in [0.2, 0.25) is 0 Å². The molecule has 0 atom stereocenters. The van der Waals surface area contributed by atoms with E-state index in [0.29, 0.717) is 18.6 Å². The maximum Gasteiger partial charge on any atom is 0.136 e. The molecule has 4 nitrogen and oxygen atoms in total. The number of hydrogen-bond donors (Lipinski definition) is 0.